The lowest BCUT2D eigenvalue weighted by Crippen LogP contribution is -2.08. The van der Waals surface area contributed by atoms with Crippen LogP contribution in [-0.2, 0) is 0 Å². The molecule has 1 aromatic carbocycles. The standard InChI is InChI=1S/C9H13N3/c1-12(2)8-5-3-7(4-6-8)9-10-11-9/h3-6,9-11H,1-2H3. The van der Waals surface area contributed by atoms with Crippen molar-refractivity contribution >= 4 is 5.69 Å². The largest absolute Gasteiger partial charge is 0.378 e. The third-order valence-corrected chi connectivity index (χ3v) is 2.03. The topological polar surface area (TPSA) is 47.1 Å². The van der Waals surface area contributed by atoms with Crippen molar-refractivity contribution in [3.63, 3.8) is 0 Å². The summed E-state index contributed by atoms with van der Waals surface area (Å²) in [6.07, 6.45) is 0.376. The first-order chi connectivity index (χ1) is 5.77. The van der Waals surface area contributed by atoms with E-state index in [1.54, 1.807) is 0 Å². The van der Waals surface area contributed by atoms with E-state index in [-0.39, 0.29) is 0 Å². The second-order valence-corrected chi connectivity index (χ2v) is 3.21. The molecule has 1 aromatic rings. The van der Waals surface area contributed by atoms with E-state index in [1.165, 1.54) is 11.3 Å². The Balaban J connectivity index is 2.18. The SMILES string of the molecule is CN(C)c1ccc(C2NN2)cc1. The first kappa shape index (κ1) is 7.58. The monoisotopic (exact) mass is 163 g/mol. The maximum absolute atomic E-state index is 3.04. The van der Waals surface area contributed by atoms with Gasteiger partial charge in [0.25, 0.3) is 0 Å². The minimum atomic E-state index is 0.376. The molecule has 2 rings (SSSR count). The van der Waals surface area contributed by atoms with E-state index in [4.69, 9.17) is 0 Å². The van der Waals surface area contributed by atoms with E-state index in [0.29, 0.717) is 6.17 Å². The summed E-state index contributed by atoms with van der Waals surface area (Å²) in [4.78, 5) is 2.09. The molecule has 0 atom stereocenters. The van der Waals surface area contributed by atoms with E-state index in [0.717, 1.165) is 0 Å². The molecule has 0 spiro atoms. The van der Waals surface area contributed by atoms with Gasteiger partial charge in [-0.2, -0.15) is 0 Å². The molecule has 1 aliphatic heterocycles. The molecule has 0 saturated carbocycles. The van der Waals surface area contributed by atoms with E-state index in [9.17, 15) is 0 Å². The number of nitrogens with zero attached hydrogens (tertiary/aromatic N) is 1. The van der Waals surface area contributed by atoms with Gasteiger partial charge in [0.2, 0.25) is 0 Å². The van der Waals surface area contributed by atoms with Gasteiger partial charge in [0, 0.05) is 19.8 Å². The van der Waals surface area contributed by atoms with Crippen LogP contribution in [-0.4, -0.2) is 14.1 Å². The smallest absolute Gasteiger partial charge is 0.109 e. The van der Waals surface area contributed by atoms with Gasteiger partial charge in [0.15, 0.2) is 0 Å². The van der Waals surface area contributed by atoms with Gasteiger partial charge >= 0.3 is 0 Å². The third kappa shape index (κ3) is 1.42. The average Bonchev–Trinajstić information content (AvgIpc) is 2.87. The first-order valence-corrected chi connectivity index (χ1v) is 4.06. The van der Waals surface area contributed by atoms with Crippen molar-refractivity contribution in [1.82, 2.24) is 10.9 Å². The highest BCUT2D eigenvalue weighted by Gasteiger charge is 2.20. The summed E-state index contributed by atoms with van der Waals surface area (Å²) in [5.41, 5.74) is 8.60. The highest BCUT2D eigenvalue weighted by Crippen LogP contribution is 2.19. The van der Waals surface area contributed by atoms with E-state index in [2.05, 4.69) is 40.0 Å². The fraction of sp³-hybridized carbons (Fsp3) is 0.333. The lowest BCUT2D eigenvalue weighted by molar-refractivity contribution is 1.05. The molecule has 0 amide bonds. The average molecular weight is 163 g/mol. The number of benzene rings is 1. The Kier molecular flexibility index (Phi) is 1.75. The van der Waals surface area contributed by atoms with Gasteiger partial charge in [-0.1, -0.05) is 12.1 Å². The Morgan fingerprint density at radius 1 is 1.08 bits per heavy atom. The fourth-order valence-electron chi connectivity index (χ4n) is 1.17. The van der Waals surface area contributed by atoms with E-state index in [1.807, 2.05) is 14.1 Å². The van der Waals surface area contributed by atoms with Crippen molar-refractivity contribution < 1.29 is 0 Å². The lowest BCUT2D eigenvalue weighted by Gasteiger charge is -2.11. The lowest BCUT2D eigenvalue weighted by atomic mass is 10.2. The van der Waals surface area contributed by atoms with Crippen molar-refractivity contribution in [2.75, 3.05) is 19.0 Å². The Labute approximate surface area is 72.4 Å². The Morgan fingerprint density at radius 2 is 1.67 bits per heavy atom. The summed E-state index contributed by atoms with van der Waals surface area (Å²) in [7, 11) is 4.09. The van der Waals surface area contributed by atoms with Gasteiger partial charge in [0.1, 0.15) is 6.17 Å². The third-order valence-electron chi connectivity index (χ3n) is 2.03. The molecule has 3 heteroatoms. The van der Waals surface area contributed by atoms with E-state index >= 15 is 0 Å². The number of nitrogens with one attached hydrogen (secondary N) is 2. The summed E-state index contributed by atoms with van der Waals surface area (Å²) in [6.45, 7) is 0. The number of hydrogen-bond acceptors (Lipinski definition) is 3. The fourth-order valence-corrected chi connectivity index (χ4v) is 1.17. The minimum Gasteiger partial charge on any atom is -0.378 e. The van der Waals surface area contributed by atoms with Crippen LogP contribution in [0, 0.1) is 0 Å². The molecule has 2 N–H and O–H groups in total. The molecule has 1 heterocycles. The summed E-state index contributed by atoms with van der Waals surface area (Å²) in [6, 6.07) is 8.51. The summed E-state index contributed by atoms with van der Waals surface area (Å²) < 4.78 is 0. The second kappa shape index (κ2) is 2.77. The van der Waals surface area contributed by atoms with Crippen molar-refractivity contribution in [2.45, 2.75) is 6.17 Å². The minimum absolute atomic E-state index is 0.376. The molecule has 64 valence electrons. The summed E-state index contributed by atoms with van der Waals surface area (Å²) >= 11 is 0. The number of hydrogen-bond donors (Lipinski definition) is 2. The van der Waals surface area contributed by atoms with Gasteiger partial charge in [-0.15, -0.1) is 0 Å². The molecule has 1 fully saturated rings. The van der Waals surface area contributed by atoms with Crippen molar-refractivity contribution in [3.8, 4) is 0 Å². The van der Waals surface area contributed by atoms with Gasteiger partial charge in [-0.05, 0) is 17.7 Å². The maximum atomic E-state index is 3.04. The zero-order valence-corrected chi connectivity index (χ0v) is 7.33. The molecule has 1 saturated heterocycles. The molecule has 0 bridgehead atoms. The highest BCUT2D eigenvalue weighted by atomic mass is 15.6. The molecule has 0 aromatic heterocycles. The zero-order valence-electron chi connectivity index (χ0n) is 7.33. The van der Waals surface area contributed by atoms with E-state index < -0.39 is 0 Å². The van der Waals surface area contributed by atoms with Crippen LogP contribution in [0.2, 0.25) is 0 Å². The predicted molar refractivity (Wildman–Crippen MR) is 49.8 cm³/mol. The summed E-state index contributed by atoms with van der Waals surface area (Å²) in [5.74, 6) is 0. The molecule has 0 aliphatic carbocycles. The van der Waals surface area contributed by atoms with Gasteiger partial charge < -0.3 is 4.90 Å². The highest BCUT2D eigenvalue weighted by molar-refractivity contribution is 5.46. The van der Waals surface area contributed by atoms with Crippen molar-refractivity contribution in [1.29, 1.82) is 0 Å². The van der Waals surface area contributed by atoms with Crippen LogP contribution >= 0.6 is 0 Å². The number of anilines is 1. The van der Waals surface area contributed by atoms with Gasteiger partial charge in [0.05, 0.1) is 0 Å². The molecule has 3 nitrogen and oxygen atoms in total. The van der Waals surface area contributed by atoms with Crippen LogP contribution in [0.15, 0.2) is 24.3 Å². The molecule has 12 heavy (non-hydrogen) atoms. The normalized spacial score (nSPS) is 16.2. The quantitative estimate of drug-likeness (QED) is 0.636. The van der Waals surface area contributed by atoms with Crippen LogP contribution in [0.4, 0.5) is 5.69 Å². The van der Waals surface area contributed by atoms with Crippen LogP contribution < -0.4 is 15.8 Å². The molecular weight excluding hydrogens is 150 g/mol. The van der Waals surface area contributed by atoms with Crippen LogP contribution in [0.3, 0.4) is 0 Å². The molecule has 1 aliphatic rings. The predicted octanol–water partition coefficient (Wildman–Crippen LogP) is 0.859. The van der Waals surface area contributed by atoms with Crippen LogP contribution in [0.1, 0.15) is 11.7 Å². The molecule has 0 radical (unpaired) electrons. The maximum Gasteiger partial charge on any atom is 0.109 e. The first-order valence-electron chi connectivity index (χ1n) is 4.06. The Morgan fingerprint density at radius 3 is 2.08 bits per heavy atom. The zero-order chi connectivity index (χ0) is 8.55. The van der Waals surface area contributed by atoms with Gasteiger partial charge in [-0.25, -0.2) is 10.9 Å². The van der Waals surface area contributed by atoms with Crippen LogP contribution in [0.25, 0.3) is 0 Å². The summed E-state index contributed by atoms with van der Waals surface area (Å²) in [5, 5.41) is 0. The molecule has 0 unspecified atom stereocenters. The number of hydrazine groups is 1. The van der Waals surface area contributed by atoms with Gasteiger partial charge in [-0.3, -0.25) is 0 Å². The molecular formula is C9H13N3. The van der Waals surface area contributed by atoms with Crippen LogP contribution in [0.5, 0.6) is 0 Å². The Hall–Kier alpha value is -1.06. The Bertz CT molecular complexity index is 241. The van der Waals surface area contributed by atoms with Crippen molar-refractivity contribution in [3.05, 3.63) is 29.8 Å². The number of rotatable bonds is 2. The second-order valence-electron chi connectivity index (χ2n) is 3.21. The van der Waals surface area contributed by atoms with Crippen molar-refractivity contribution in [2.24, 2.45) is 0 Å².